The molecule has 0 aliphatic carbocycles. The first-order valence-electron chi connectivity index (χ1n) is 5.09. The lowest BCUT2D eigenvalue weighted by molar-refractivity contribution is -0.129. The first-order chi connectivity index (χ1) is 7.56. The lowest BCUT2D eigenvalue weighted by atomic mass is 10.1. The number of hydrogen-bond acceptors (Lipinski definition) is 3. The van der Waals surface area contributed by atoms with Gasteiger partial charge in [-0.05, 0) is 19.3 Å². The molecule has 0 unspecified atom stereocenters. The van der Waals surface area contributed by atoms with E-state index < -0.39 is 24.1 Å². The second kappa shape index (κ2) is 5.34. The zero-order valence-electron chi connectivity index (χ0n) is 9.02. The Bertz CT molecular complexity index is 305. The summed E-state index contributed by atoms with van der Waals surface area (Å²) in [5, 5.41) is 13.1. The van der Waals surface area contributed by atoms with Crippen LogP contribution in [0.4, 0.5) is 9.59 Å². The molecule has 0 saturated carbocycles. The van der Waals surface area contributed by atoms with E-state index in [-0.39, 0.29) is 0 Å². The molecule has 1 heterocycles. The van der Waals surface area contributed by atoms with Gasteiger partial charge in [0, 0.05) is 13.6 Å². The Balaban J connectivity index is 2.75. The molecule has 4 amide bonds. The van der Waals surface area contributed by atoms with Gasteiger partial charge in [-0.1, -0.05) is 0 Å². The molecule has 90 valence electrons. The van der Waals surface area contributed by atoms with Gasteiger partial charge in [0.2, 0.25) is 0 Å². The molecule has 0 spiro atoms. The lowest BCUT2D eigenvalue weighted by Crippen LogP contribution is -2.51. The number of amides is 4. The molecule has 0 radical (unpaired) electrons. The van der Waals surface area contributed by atoms with Crippen LogP contribution in [0.5, 0.6) is 0 Å². The Labute approximate surface area is 92.8 Å². The number of nitrogens with zero attached hydrogens (tertiary/aromatic N) is 1. The molecule has 1 aliphatic rings. The zero-order valence-corrected chi connectivity index (χ0v) is 9.02. The van der Waals surface area contributed by atoms with Crippen LogP contribution in [0.25, 0.3) is 0 Å². The summed E-state index contributed by atoms with van der Waals surface area (Å²) >= 11 is 0. The van der Waals surface area contributed by atoms with Gasteiger partial charge >= 0.3 is 12.1 Å². The van der Waals surface area contributed by atoms with Crippen LogP contribution < -0.4 is 10.6 Å². The number of carboxylic acid groups (broad SMARTS) is 1. The monoisotopic (exact) mass is 229 g/mol. The minimum atomic E-state index is -1.25. The summed E-state index contributed by atoms with van der Waals surface area (Å²) in [6, 6.07) is -1.32. The van der Waals surface area contributed by atoms with Crippen molar-refractivity contribution in [2.45, 2.75) is 25.3 Å². The molecule has 7 nitrogen and oxygen atoms in total. The van der Waals surface area contributed by atoms with E-state index in [9.17, 15) is 14.4 Å². The van der Waals surface area contributed by atoms with Gasteiger partial charge in [-0.2, -0.15) is 0 Å². The van der Waals surface area contributed by atoms with Crippen molar-refractivity contribution in [2.75, 3.05) is 13.6 Å². The molecule has 7 heteroatoms. The average molecular weight is 229 g/mol. The number of carbonyl (C=O) groups is 3. The Hall–Kier alpha value is -1.79. The Morgan fingerprint density at radius 1 is 1.44 bits per heavy atom. The Morgan fingerprint density at radius 2 is 2.12 bits per heavy atom. The van der Waals surface area contributed by atoms with Gasteiger partial charge in [0.15, 0.2) is 0 Å². The topological polar surface area (TPSA) is 98.7 Å². The van der Waals surface area contributed by atoms with Crippen molar-refractivity contribution in [3.05, 3.63) is 0 Å². The normalized spacial score (nSPS) is 21.2. The molecule has 1 rings (SSSR count). The van der Waals surface area contributed by atoms with Crippen molar-refractivity contribution in [3.8, 4) is 0 Å². The summed E-state index contributed by atoms with van der Waals surface area (Å²) in [5.41, 5.74) is 0. The summed E-state index contributed by atoms with van der Waals surface area (Å²) < 4.78 is 0. The zero-order chi connectivity index (χ0) is 12.1. The number of hydrogen-bond donors (Lipinski definition) is 3. The minimum Gasteiger partial charge on any atom is -0.465 e. The van der Waals surface area contributed by atoms with Crippen molar-refractivity contribution in [3.63, 3.8) is 0 Å². The summed E-state index contributed by atoms with van der Waals surface area (Å²) in [7, 11) is 1.43. The highest BCUT2D eigenvalue weighted by Crippen LogP contribution is 2.12. The standard InChI is InChI=1S/C9H15N3O4/c1-10-8(14)12-5-3-2-4-6(7(12)13)11-9(15)16/h6,11H,2-5H2,1H3,(H,10,14)(H,15,16)/t6-/m1/s1. The predicted molar refractivity (Wildman–Crippen MR) is 55.0 cm³/mol. The third kappa shape index (κ3) is 2.85. The number of nitrogens with one attached hydrogen (secondary N) is 2. The van der Waals surface area contributed by atoms with Gasteiger partial charge in [-0.3, -0.25) is 9.69 Å². The molecule has 1 aliphatic heterocycles. The van der Waals surface area contributed by atoms with Crippen LogP contribution in [0.1, 0.15) is 19.3 Å². The van der Waals surface area contributed by atoms with Crippen LogP contribution in [-0.2, 0) is 4.79 Å². The van der Waals surface area contributed by atoms with E-state index in [2.05, 4.69) is 10.6 Å². The summed E-state index contributed by atoms with van der Waals surface area (Å²) in [5.74, 6) is -0.487. The lowest BCUT2D eigenvalue weighted by Gasteiger charge is -2.21. The van der Waals surface area contributed by atoms with Gasteiger partial charge in [0.25, 0.3) is 5.91 Å². The Kier molecular flexibility index (Phi) is 4.10. The maximum Gasteiger partial charge on any atom is 0.405 e. The van der Waals surface area contributed by atoms with E-state index in [1.165, 1.54) is 7.05 Å². The quantitative estimate of drug-likeness (QED) is 0.588. The molecule has 0 aromatic heterocycles. The van der Waals surface area contributed by atoms with E-state index in [0.29, 0.717) is 25.8 Å². The van der Waals surface area contributed by atoms with Crippen molar-refractivity contribution in [1.82, 2.24) is 15.5 Å². The molecule has 0 bridgehead atoms. The summed E-state index contributed by atoms with van der Waals surface area (Å²) in [6.07, 6.45) is 0.580. The van der Waals surface area contributed by atoms with Crippen LogP contribution in [0.15, 0.2) is 0 Å². The molecule has 1 fully saturated rings. The smallest absolute Gasteiger partial charge is 0.405 e. The molecule has 1 saturated heterocycles. The summed E-state index contributed by atoms with van der Waals surface area (Å²) in [6.45, 7) is 0.330. The van der Waals surface area contributed by atoms with Gasteiger partial charge in [0.05, 0.1) is 0 Å². The highest BCUT2D eigenvalue weighted by Gasteiger charge is 2.31. The maximum absolute atomic E-state index is 11.8. The maximum atomic E-state index is 11.8. The molecule has 16 heavy (non-hydrogen) atoms. The van der Waals surface area contributed by atoms with Crippen LogP contribution in [0, 0.1) is 0 Å². The van der Waals surface area contributed by atoms with E-state index in [0.717, 1.165) is 4.90 Å². The van der Waals surface area contributed by atoms with Gasteiger partial charge in [-0.25, -0.2) is 9.59 Å². The van der Waals surface area contributed by atoms with Crippen LogP contribution in [-0.4, -0.2) is 47.7 Å². The molecule has 1 atom stereocenters. The van der Waals surface area contributed by atoms with Gasteiger partial charge in [-0.15, -0.1) is 0 Å². The van der Waals surface area contributed by atoms with Crippen molar-refractivity contribution in [2.24, 2.45) is 0 Å². The molecule has 0 aromatic carbocycles. The number of urea groups is 1. The summed E-state index contributed by atoms with van der Waals surface area (Å²) in [4.78, 5) is 34.7. The van der Waals surface area contributed by atoms with E-state index in [1.54, 1.807) is 0 Å². The van der Waals surface area contributed by atoms with Crippen molar-refractivity contribution >= 4 is 18.0 Å². The highest BCUT2D eigenvalue weighted by atomic mass is 16.4. The largest absolute Gasteiger partial charge is 0.465 e. The minimum absolute atomic E-state index is 0.330. The third-order valence-electron chi connectivity index (χ3n) is 2.45. The fourth-order valence-electron chi connectivity index (χ4n) is 1.66. The molecule has 0 aromatic rings. The highest BCUT2D eigenvalue weighted by molar-refractivity contribution is 5.98. The third-order valence-corrected chi connectivity index (χ3v) is 2.45. The number of imide groups is 1. The number of likely N-dealkylation sites (tertiary alicyclic amines) is 1. The van der Waals surface area contributed by atoms with E-state index in [4.69, 9.17) is 5.11 Å². The predicted octanol–water partition coefficient (Wildman–Crippen LogP) is -0.0255. The number of carbonyl (C=O) groups excluding carboxylic acids is 2. The molecule has 3 N–H and O–H groups in total. The Morgan fingerprint density at radius 3 is 2.69 bits per heavy atom. The first-order valence-corrected chi connectivity index (χ1v) is 5.09. The fraction of sp³-hybridized carbons (Fsp3) is 0.667. The van der Waals surface area contributed by atoms with Crippen LogP contribution >= 0.6 is 0 Å². The van der Waals surface area contributed by atoms with Crippen LogP contribution in [0.3, 0.4) is 0 Å². The van der Waals surface area contributed by atoms with Gasteiger partial charge < -0.3 is 15.7 Å². The van der Waals surface area contributed by atoms with Crippen molar-refractivity contribution in [1.29, 1.82) is 0 Å². The molecular weight excluding hydrogens is 214 g/mol. The van der Waals surface area contributed by atoms with Crippen LogP contribution in [0.2, 0.25) is 0 Å². The first kappa shape index (κ1) is 12.3. The second-order valence-corrected chi connectivity index (χ2v) is 3.54. The fourth-order valence-corrected chi connectivity index (χ4v) is 1.66. The van der Waals surface area contributed by atoms with E-state index >= 15 is 0 Å². The second-order valence-electron chi connectivity index (χ2n) is 3.54. The van der Waals surface area contributed by atoms with Gasteiger partial charge in [0.1, 0.15) is 6.04 Å². The SMILES string of the molecule is CNC(=O)N1CCCC[C@@H](NC(=O)O)C1=O. The van der Waals surface area contributed by atoms with Crippen molar-refractivity contribution < 1.29 is 19.5 Å². The average Bonchev–Trinajstić information content (AvgIpc) is 2.41. The van der Waals surface area contributed by atoms with E-state index in [1.807, 2.05) is 0 Å². The molecular formula is C9H15N3O4. The number of rotatable bonds is 1.